The minimum absolute atomic E-state index is 0.156. The monoisotopic (exact) mass is 429 g/mol. The summed E-state index contributed by atoms with van der Waals surface area (Å²) < 4.78 is 6.93. The molecule has 8 nitrogen and oxygen atoms in total. The fourth-order valence-electron chi connectivity index (χ4n) is 4.06. The Morgan fingerprint density at radius 1 is 1.19 bits per heavy atom. The molecular formula is C24H23N5O3. The summed E-state index contributed by atoms with van der Waals surface area (Å²) in [5.74, 6) is 1.05. The summed E-state index contributed by atoms with van der Waals surface area (Å²) in [6.07, 6.45) is 5.25. The van der Waals surface area contributed by atoms with E-state index >= 15 is 0 Å². The lowest BCUT2D eigenvalue weighted by molar-refractivity contribution is -0.115. The quantitative estimate of drug-likeness (QED) is 0.504. The molecule has 0 radical (unpaired) electrons. The highest BCUT2D eigenvalue weighted by molar-refractivity contribution is 5.92. The van der Waals surface area contributed by atoms with Gasteiger partial charge in [-0.15, -0.1) is 0 Å². The number of nitrogens with one attached hydrogen (secondary N) is 2. The van der Waals surface area contributed by atoms with Crippen LogP contribution in [0.15, 0.2) is 57.9 Å². The largest absolute Gasteiger partial charge is 0.463 e. The lowest BCUT2D eigenvalue weighted by Crippen LogP contribution is -2.25. The van der Waals surface area contributed by atoms with E-state index in [1.165, 1.54) is 4.68 Å². The number of amides is 1. The summed E-state index contributed by atoms with van der Waals surface area (Å²) in [4.78, 5) is 33.0. The Balaban J connectivity index is 1.51. The molecule has 162 valence electrons. The molecule has 4 aromatic rings. The summed E-state index contributed by atoms with van der Waals surface area (Å²) in [5.41, 5.74) is 3.92. The van der Waals surface area contributed by atoms with Crippen molar-refractivity contribution in [3.63, 3.8) is 0 Å². The maximum atomic E-state index is 12.8. The summed E-state index contributed by atoms with van der Waals surface area (Å²) in [5, 5.41) is 7.48. The highest BCUT2D eigenvalue weighted by atomic mass is 16.3. The number of furan rings is 1. The molecule has 3 aromatic heterocycles. The first-order valence-corrected chi connectivity index (χ1v) is 10.7. The van der Waals surface area contributed by atoms with Crippen LogP contribution in [0.1, 0.15) is 35.2 Å². The number of anilines is 1. The summed E-state index contributed by atoms with van der Waals surface area (Å²) in [6.45, 7) is 1.99. The number of aromatic nitrogens is 4. The Morgan fingerprint density at radius 3 is 2.88 bits per heavy atom. The number of carbonyl (C=O) groups excluding carboxylic acids is 1. The zero-order valence-electron chi connectivity index (χ0n) is 17.7. The molecule has 0 aliphatic heterocycles. The first-order valence-electron chi connectivity index (χ1n) is 10.7. The van der Waals surface area contributed by atoms with Crippen LogP contribution in [-0.4, -0.2) is 25.7 Å². The van der Waals surface area contributed by atoms with Crippen molar-refractivity contribution in [3.8, 4) is 17.4 Å². The van der Waals surface area contributed by atoms with Crippen LogP contribution in [0.5, 0.6) is 0 Å². The summed E-state index contributed by atoms with van der Waals surface area (Å²) in [6, 6.07) is 13.1. The number of rotatable bonds is 5. The Kier molecular flexibility index (Phi) is 5.18. The van der Waals surface area contributed by atoms with E-state index in [4.69, 9.17) is 4.42 Å². The number of hydrogen-bond donors (Lipinski definition) is 2. The highest BCUT2D eigenvalue weighted by Crippen LogP contribution is 2.25. The smallest absolute Gasteiger partial charge is 0.255 e. The second-order valence-electron chi connectivity index (χ2n) is 8.04. The minimum Gasteiger partial charge on any atom is -0.463 e. The van der Waals surface area contributed by atoms with Crippen molar-refractivity contribution in [1.82, 2.24) is 19.7 Å². The predicted octanol–water partition coefficient (Wildman–Crippen LogP) is 3.58. The van der Waals surface area contributed by atoms with E-state index in [0.29, 0.717) is 17.3 Å². The van der Waals surface area contributed by atoms with Gasteiger partial charge in [0.2, 0.25) is 11.9 Å². The molecule has 1 amide bonds. The number of nitrogens with zero attached hydrogens (tertiary/aromatic N) is 3. The number of H-pyrrole nitrogens is 1. The maximum absolute atomic E-state index is 12.8. The van der Waals surface area contributed by atoms with Crippen molar-refractivity contribution in [2.24, 2.45) is 0 Å². The first-order chi connectivity index (χ1) is 15.6. The Hall–Kier alpha value is -3.94. The van der Waals surface area contributed by atoms with Crippen LogP contribution < -0.4 is 10.9 Å². The van der Waals surface area contributed by atoms with E-state index in [0.717, 1.165) is 48.1 Å². The molecule has 3 heterocycles. The molecule has 1 aromatic carbocycles. The van der Waals surface area contributed by atoms with Crippen LogP contribution in [0.25, 0.3) is 17.4 Å². The van der Waals surface area contributed by atoms with Gasteiger partial charge in [0.15, 0.2) is 5.76 Å². The third kappa shape index (κ3) is 3.99. The molecule has 1 aliphatic carbocycles. The van der Waals surface area contributed by atoms with Gasteiger partial charge in [0.05, 0.1) is 18.4 Å². The van der Waals surface area contributed by atoms with Gasteiger partial charge in [0, 0.05) is 11.6 Å². The SMILES string of the molecule is Cc1cccc(CC(=O)Nc2cc(-c3ccco3)nn2-c2nc3c(c(=O)[nH]2)CCCC3)c1. The summed E-state index contributed by atoms with van der Waals surface area (Å²) in [7, 11) is 0. The van der Waals surface area contributed by atoms with Gasteiger partial charge in [-0.25, -0.2) is 4.98 Å². The average Bonchev–Trinajstić information content (AvgIpc) is 3.44. The van der Waals surface area contributed by atoms with Gasteiger partial charge in [-0.2, -0.15) is 9.78 Å². The highest BCUT2D eigenvalue weighted by Gasteiger charge is 2.20. The Labute approximate surface area is 184 Å². The molecule has 1 aliphatic rings. The molecule has 0 unspecified atom stereocenters. The number of aromatic amines is 1. The standard InChI is InChI=1S/C24H23N5O3/c1-15-6-4-7-16(12-15)13-22(30)26-21-14-19(20-10-5-11-32-20)28-29(21)24-25-18-9-3-2-8-17(18)23(31)27-24/h4-7,10-12,14H,2-3,8-9,13H2,1H3,(H,26,30)(H,25,27,31). The Bertz CT molecular complexity index is 1330. The van der Waals surface area contributed by atoms with Gasteiger partial charge in [-0.3, -0.25) is 14.6 Å². The van der Waals surface area contributed by atoms with E-state index < -0.39 is 0 Å². The average molecular weight is 429 g/mol. The van der Waals surface area contributed by atoms with Gasteiger partial charge in [-0.05, 0) is 50.3 Å². The predicted molar refractivity (Wildman–Crippen MR) is 120 cm³/mol. The summed E-state index contributed by atoms with van der Waals surface area (Å²) >= 11 is 0. The van der Waals surface area contributed by atoms with E-state index in [1.807, 2.05) is 31.2 Å². The third-order valence-electron chi connectivity index (χ3n) is 5.58. The van der Waals surface area contributed by atoms with Crippen LogP contribution in [0, 0.1) is 6.92 Å². The van der Waals surface area contributed by atoms with Gasteiger partial charge in [-0.1, -0.05) is 29.8 Å². The second-order valence-corrected chi connectivity index (χ2v) is 8.04. The number of benzene rings is 1. The number of aryl methyl sites for hydroxylation is 2. The zero-order chi connectivity index (χ0) is 22.1. The van der Waals surface area contributed by atoms with Crippen molar-refractivity contribution in [2.75, 3.05) is 5.32 Å². The molecule has 8 heteroatoms. The van der Waals surface area contributed by atoms with Crippen LogP contribution in [0.2, 0.25) is 0 Å². The van der Waals surface area contributed by atoms with Crippen LogP contribution in [-0.2, 0) is 24.1 Å². The molecule has 0 spiro atoms. The van der Waals surface area contributed by atoms with Crippen LogP contribution >= 0.6 is 0 Å². The van der Waals surface area contributed by atoms with Crippen molar-refractivity contribution in [2.45, 2.75) is 39.0 Å². The van der Waals surface area contributed by atoms with Crippen molar-refractivity contribution < 1.29 is 9.21 Å². The third-order valence-corrected chi connectivity index (χ3v) is 5.58. The first kappa shape index (κ1) is 20.0. The van der Waals surface area contributed by atoms with E-state index in [9.17, 15) is 9.59 Å². The number of carbonyl (C=O) groups is 1. The molecule has 5 rings (SSSR count). The van der Waals surface area contributed by atoms with Crippen molar-refractivity contribution >= 4 is 11.7 Å². The second kappa shape index (κ2) is 8.30. The normalized spacial score (nSPS) is 13.0. The number of fused-ring (bicyclic) bond motifs is 1. The fourth-order valence-corrected chi connectivity index (χ4v) is 4.06. The molecule has 0 bridgehead atoms. The molecular weight excluding hydrogens is 406 g/mol. The lowest BCUT2D eigenvalue weighted by Gasteiger charge is -2.15. The minimum atomic E-state index is -0.192. The van der Waals surface area contributed by atoms with Gasteiger partial charge in [0.1, 0.15) is 11.5 Å². The van der Waals surface area contributed by atoms with Crippen LogP contribution in [0.4, 0.5) is 5.82 Å². The van der Waals surface area contributed by atoms with Crippen molar-refractivity contribution in [3.05, 3.63) is 81.5 Å². The van der Waals surface area contributed by atoms with Gasteiger partial charge in [0.25, 0.3) is 5.56 Å². The number of hydrogen-bond acceptors (Lipinski definition) is 5. The Morgan fingerprint density at radius 2 is 2.06 bits per heavy atom. The van der Waals surface area contributed by atoms with E-state index in [2.05, 4.69) is 20.4 Å². The molecule has 32 heavy (non-hydrogen) atoms. The van der Waals surface area contributed by atoms with E-state index in [1.54, 1.807) is 24.5 Å². The lowest BCUT2D eigenvalue weighted by atomic mass is 9.97. The molecule has 0 fully saturated rings. The van der Waals surface area contributed by atoms with Gasteiger partial charge >= 0.3 is 0 Å². The van der Waals surface area contributed by atoms with Gasteiger partial charge < -0.3 is 9.73 Å². The molecule has 0 saturated carbocycles. The fraction of sp³-hybridized carbons (Fsp3) is 0.250. The van der Waals surface area contributed by atoms with Crippen LogP contribution in [0.3, 0.4) is 0 Å². The van der Waals surface area contributed by atoms with E-state index in [-0.39, 0.29) is 23.8 Å². The zero-order valence-corrected chi connectivity index (χ0v) is 17.7. The maximum Gasteiger partial charge on any atom is 0.255 e. The molecule has 0 atom stereocenters. The van der Waals surface area contributed by atoms with Crippen molar-refractivity contribution in [1.29, 1.82) is 0 Å². The molecule has 0 saturated heterocycles. The molecule has 2 N–H and O–H groups in total. The topological polar surface area (TPSA) is 106 Å².